The Balaban J connectivity index is 0.992. The van der Waals surface area contributed by atoms with E-state index >= 15 is 0 Å². The van der Waals surface area contributed by atoms with Crippen LogP contribution < -0.4 is 0 Å². The zero-order valence-corrected chi connectivity index (χ0v) is 34.1. The van der Waals surface area contributed by atoms with Gasteiger partial charge in [-0.3, -0.25) is 0 Å². The van der Waals surface area contributed by atoms with E-state index in [1.165, 1.54) is 81.3 Å². The molecule has 7 aromatic carbocycles. The Bertz CT molecular complexity index is 3060. The smallest absolute Gasteiger partial charge is 0.164 e. The van der Waals surface area contributed by atoms with E-state index in [9.17, 15) is 0 Å². The molecular weight excluding hydrogens is 727 g/mol. The summed E-state index contributed by atoms with van der Waals surface area (Å²) in [6, 6.07) is 60.3. The summed E-state index contributed by atoms with van der Waals surface area (Å²) < 4.78 is 0. The Kier molecular flexibility index (Phi) is 7.19. The molecule has 3 saturated carbocycles. The van der Waals surface area contributed by atoms with Crippen LogP contribution in [0.2, 0.25) is 0 Å². The second kappa shape index (κ2) is 12.5. The Hall–Kier alpha value is -6.45. The van der Waals surface area contributed by atoms with Gasteiger partial charge in [0.2, 0.25) is 0 Å². The van der Waals surface area contributed by atoms with Crippen molar-refractivity contribution < 1.29 is 0 Å². The van der Waals surface area contributed by atoms with Crippen LogP contribution in [0.5, 0.6) is 0 Å². The summed E-state index contributed by atoms with van der Waals surface area (Å²) >= 11 is 0. The van der Waals surface area contributed by atoms with Crippen LogP contribution >= 0.6 is 0 Å². The Morgan fingerprint density at radius 2 is 0.983 bits per heavy atom. The topological polar surface area (TPSA) is 38.7 Å². The third-order valence-electron chi connectivity index (χ3n) is 15.7. The normalized spacial score (nSPS) is 23.1. The molecule has 288 valence electrons. The third kappa shape index (κ3) is 4.81. The minimum atomic E-state index is -0.0722. The van der Waals surface area contributed by atoms with E-state index in [2.05, 4.69) is 172 Å². The predicted molar refractivity (Wildman–Crippen MR) is 243 cm³/mol. The first-order valence-electron chi connectivity index (χ1n) is 21.9. The summed E-state index contributed by atoms with van der Waals surface area (Å²) in [5.74, 6) is 5.16. The maximum atomic E-state index is 5.31. The summed E-state index contributed by atoms with van der Waals surface area (Å²) in [6.07, 6.45) is 5.53. The molecule has 2 bridgehead atoms. The fourth-order valence-electron chi connectivity index (χ4n) is 12.8. The van der Waals surface area contributed by atoms with Crippen molar-refractivity contribution in [3.63, 3.8) is 0 Å². The summed E-state index contributed by atoms with van der Waals surface area (Å²) in [4.78, 5) is 15.7. The summed E-state index contributed by atoms with van der Waals surface area (Å²) in [5, 5.41) is 0. The Morgan fingerprint density at radius 1 is 0.400 bits per heavy atom. The first kappa shape index (κ1) is 34.4. The third-order valence-corrected chi connectivity index (χ3v) is 15.7. The van der Waals surface area contributed by atoms with Gasteiger partial charge in [-0.2, -0.15) is 0 Å². The fourth-order valence-corrected chi connectivity index (χ4v) is 12.8. The lowest BCUT2D eigenvalue weighted by Crippen LogP contribution is -2.58. The van der Waals surface area contributed by atoms with Gasteiger partial charge in [-0.15, -0.1) is 0 Å². The lowest BCUT2D eigenvalue weighted by molar-refractivity contribution is -0.144. The van der Waals surface area contributed by atoms with Crippen molar-refractivity contribution in [2.45, 2.75) is 56.8 Å². The highest BCUT2D eigenvalue weighted by Crippen LogP contribution is 2.80. The van der Waals surface area contributed by atoms with Crippen LogP contribution in [0.1, 0.15) is 73.6 Å². The van der Waals surface area contributed by atoms with Gasteiger partial charge in [0.05, 0.1) is 0 Å². The Labute approximate surface area is 352 Å². The van der Waals surface area contributed by atoms with Gasteiger partial charge in [0, 0.05) is 22.1 Å². The molecule has 1 spiro atoms. The van der Waals surface area contributed by atoms with Crippen LogP contribution in [0.25, 0.3) is 78.7 Å². The lowest BCUT2D eigenvalue weighted by Gasteiger charge is -2.67. The molecule has 0 saturated heterocycles. The molecule has 1 heterocycles. The molecule has 1 aromatic heterocycles. The van der Waals surface area contributed by atoms with Crippen molar-refractivity contribution in [1.82, 2.24) is 15.0 Å². The van der Waals surface area contributed by atoms with Gasteiger partial charge >= 0.3 is 0 Å². The fraction of sp³-hybridized carbons (Fsp3) is 0.211. The minimum absolute atomic E-state index is 0.0722. The van der Waals surface area contributed by atoms with E-state index in [1.807, 2.05) is 6.07 Å². The van der Waals surface area contributed by atoms with Crippen molar-refractivity contribution in [2.24, 2.45) is 17.3 Å². The molecule has 0 radical (unpaired) electrons. The quantitative estimate of drug-likeness (QED) is 0.175. The van der Waals surface area contributed by atoms with Crippen molar-refractivity contribution in [1.29, 1.82) is 0 Å². The molecule has 5 unspecified atom stereocenters. The van der Waals surface area contributed by atoms with Gasteiger partial charge in [-0.25, -0.2) is 15.0 Å². The van der Waals surface area contributed by atoms with Crippen molar-refractivity contribution in [3.8, 4) is 78.7 Å². The molecule has 5 atom stereocenters. The first-order valence-corrected chi connectivity index (χ1v) is 21.9. The highest BCUT2D eigenvalue weighted by Gasteiger charge is 2.70. The van der Waals surface area contributed by atoms with E-state index in [4.69, 9.17) is 15.0 Å². The number of benzene rings is 7. The Morgan fingerprint density at radius 3 is 1.75 bits per heavy atom. The molecule has 5 aliphatic carbocycles. The van der Waals surface area contributed by atoms with Gasteiger partial charge in [-0.05, 0) is 140 Å². The molecular formula is C57H45N3. The zero-order chi connectivity index (χ0) is 39.7. The number of fused-ring (bicyclic) bond motifs is 9. The molecule has 13 rings (SSSR count). The number of aromatic nitrogens is 3. The maximum Gasteiger partial charge on any atom is 0.164 e. The van der Waals surface area contributed by atoms with Crippen LogP contribution in [0.4, 0.5) is 0 Å². The highest BCUT2D eigenvalue weighted by atomic mass is 15.0. The number of rotatable bonds is 5. The van der Waals surface area contributed by atoms with Crippen molar-refractivity contribution in [3.05, 3.63) is 186 Å². The molecule has 0 aliphatic heterocycles. The van der Waals surface area contributed by atoms with Crippen LogP contribution in [0.15, 0.2) is 164 Å². The van der Waals surface area contributed by atoms with Crippen LogP contribution in [-0.2, 0) is 5.41 Å². The van der Waals surface area contributed by atoms with E-state index in [-0.39, 0.29) is 5.41 Å². The molecule has 0 amide bonds. The van der Waals surface area contributed by atoms with Gasteiger partial charge in [0.1, 0.15) is 0 Å². The SMILES string of the molecule is CC1(C)c2ccccc2-c2cc(-c3nc(-c4ccccc4)nc(-c4ccc(-c5ccccc5)c(-c5ccc6c(c5)-c5ccccc5C5CC7CC8CC6C78C5)c4)n3)ccc21. The molecule has 8 aromatic rings. The van der Waals surface area contributed by atoms with Crippen LogP contribution in [-0.4, -0.2) is 15.0 Å². The molecule has 60 heavy (non-hydrogen) atoms. The number of hydrogen-bond donors (Lipinski definition) is 0. The van der Waals surface area contributed by atoms with Gasteiger partial charge in [0.15, 0.2) is 17.5 Å². The minimum Gasteiger partial charge on any atom is -0.208 e. The lowest BCUT2D eigenvalue weighted by atomic mass is 9.37. The second-order valence-corrected chi connectivity index (χ2v) is 18.8. The van der Waals surface area contributed by atoms with E-state index < -0.39 is 0 Å². The highest BCUT2D eigenvalue weighted by molar-refractivity contribution is 5.90. The summed E-state index contributed by atoms with van der Waals surface area (Å²) in [5.41, 5.74) is 19.4. The average molecular weight is 772 g/mol. The molecule has 3 nitrogen and oxygen atoms in total. The maximum absolute atomic E-state index is 5.31. The van der Waals surface area contributed by atoms with Crippen molar-refractivity contribution >= 4 is 0 Å². The van der Waals surface area contributed by atoms with Crippen molar-refractivity contribution in [2.75, 3.05) is 0 Å². The van der Waals surface area contributed by atoms with E-state index in [0.717, 1.165) is 28.5 Å². The largest absolute Gasteiger partial charge is 0.208 e. The van der Waals surface area contributed by atoms with Crippen LogP contribution in [0.3, 0.4) is 0 Å². The zero-order valence-electron chi connectivity index (χ0n) is 34.1. The second-order valence-electron chi connectivity index (χ2n) is 18.8. The summed E-state index contributed by atoms with van der Waals surface area (Å²) in [6.45, 7) is 4.64. The van der Waals surface area contributed by atoms with E-state index in [1.54, 1.807) is 11.1 Å². The van der Waals surface area contributed by atoms with E-state index in [0.29, 0.717) is 34.7 Å². The first-order chi connectivity index (χ1) is 29.4. The number of nitrogens with zero attached hydrogens (tertiary/aromatic N) is 3. The monoisotopic (exact) mass is 771 g/mol. The van der Waals surface area contributed by atoms with Gasteiger partial charge < -0.3 is 0 Å². The molecule has 3 heteroatoms. The molecule has 5 aliphatic rings. The molecule has 0 N–H and O–H groups in total. The van der Waals surface area contributed by atoms with Crippen LogP contribution in [0, 0.1) is 17.3 Å². The summed E-state index contributed by atoms with van der Waals surface area (Å²) in [7, 11) is 0. The number of hydrogen-bond acceptors (Lipinski definition) is 3. The van der Waals surface area contributed by atoms with Gasteiger partial charge in [0.25, 0.3) is 0 Å². The van der Waals surface area contributed by atoms with Gasteiger partial charge in [-0.1, -0.05) is 159 Å². The predicted octanol–water partition coefficient (Wildman–Crippen LogP) is 14.2. The standard InChI is InChI=1S/C57H45N3/c1-56(2)50-20-12-11-19-45(50)49-30-38(23-26-51(49)56)55-59-53(35-15-7-4-8-16-35)58-54(60-55)37-22-24-43(34-13-5-3-6-14-34)47(29-37)36-21-25-46-48(28-36)44-18-10-9-17-42(44)39-27-40-31-41-32-52(46)57(40,41)33-39/h3-26,28-30,39-41,52H,27,31-33H2,1-2H3. The molecule has 3 fully saturated rings. The average Bonchev–Trinajstić information content (AvgIpc) is 3.78.